The molecular formula is C25H26N4O2. The molecule has 1 saturated heterocycles. The van der Waals surface area contributed by atoms with Crippen LogP contribution in [-0.4, -0.2) is 38.2 Å². The highest BCUT2D eigenvalue weighted by Gasteiger charge is 2.28. The monoisotopic (exact) mass is 414 g/mol. The summed E-state index contributed by atoms with van der Waals surface area (Å²) in [4.78, 5) is 28.2. The number of aryl methyl sites for hydroxylation is 1. The third kappa shape index (κ3) is 3.42. The lowest BCUT2D eigenvalue weighted by molar-refractivity contribution is -0.131. The number of carbonyl (C=O) groups excluding carboxylic acids is 1. The fourth-order valence-corrected chi connectivity index (χ4v) is 4.77. The number of rotatable bonds is 5. The lowest BCUT2D eigenvalue weighted by Gasteiger charge is -2.17. The molecule has 1 aliphatic heterocycles. The number of carbonyl (C=O) groups is 1. The van der Waals surface area contributed by atoms with E-state index in [1.807, 2.05) is 47.4 Å². The number of nitrogens with zero attached hydrogens (tertiary/aromatic N) is 4. The van der Waals surface area contributed by atoms with E-state index >= 15 is 0 Å². The molecule has 1 amide bonds. The minimum absolute atomic E-state index is 0.0239. The molecule has 4 aromatic rings. The molecule has 3 heterocycles. The van der Waals surface area contributed by atoms with Crippen molar-refractivity contribution in [1.29, 1.82) is 0 Å². The van der Waals surface area contributed by atoms with E-state index < -0.39 is 0 Å². The highest BCUT2D eigenvalue weighted by Crippen LogP contribution is 2.28. The van der Waals surface area contributed by atoms with Crippen molar-refractivity contribution in [2.24, 2.45) is 0 Å². The van der Waals surface area contributed by atoms with Crippen molar-refractivity contribution in [2.45, 2.75) is 38.8 Å². The first kappa shape index (κ1) is 19.5. The average molecular weight is 415 g/mol. The van der Waals surface area contributed by atoms with E-state index in [1.54, 1.807) is 6.20 Å². The quantitative estimate of drug-likeness (QED) is 0.499. The van der Waals surface area contributed by atoms with Gasteiger partial charge in [0, 0.05) is 41.8 Å². The number of aromatic nitrogens is 3. The van der Waals surface area contributed by atoms with Crippen molar-refractivity contribution in [3.05, 3.63) is 76.7 Å². The Morgan fingerprint density at radius 3 is 2.65 bits per heavy atom. The van der Waals surface area contributed by atoms with Crippen molar-refractivity contribution in [3.8, 4) is 0 Å². The second-order valence-corrected chi connectivity index (χ2v) is 8.27. The van der Waals surface area contributed by atoms with Crippen LogP contribution in [0, 0.1) is 0 Å². The van der Waals surface area contributed by atoms with Crippen LogP contribution >= 0.6 is 0 Å². The van der Waals surface area contributed by atoms with Gasteiger partial charge in [-0.1, -0.05) is 55.5 Å². The maximum Gasteiger partial charge on any atom is 0.291 e. The molecule has 0 N–H and O–H groups in total. The van der Waals surface area contributed by atoms with Gasteiger partial charge in [-0.05, 0) is 24.5 Å². The van der Waals surface area contributed by atoms with Gasteiger partial charge in [-0.25, -0.2) is 4.68 Å². The zero-order chi connectivity index (χ0) is 21.4. The number of likely N-dealkylation sites (tertiary alicyclic amines) is 1. The summed E-state index contributed by atoms with van der Waals surface area (Å²) in [7, 11) is 0. The van der Waals surface area contributed by atoms with Gasteiger partial charge in [-0.3, -0.25) is 9.59 Å². The summed E-state index contributed by atoms with van der Waals surface area (Å²) in [6, 6.07) is 18.3. The number of amides is 1. The van der Waals surface area contributed by atoms with Gasteiger partial charge in [-0.2, -0.15) is 5.10 Å². The third-order valence-electron chi connectivity index (χ3n) is 6.32. The van der Waals surface area contributed by atoms with Crippen molar-refractivity contribution in [3.63, 3.8) is 0 Å². The van der Waals surface area contributed by atoms with E-state index in [2.05, 4.69) is 28.7 Å². The van der Waals surface area contributed by atoms with Crippen molar-refractivity contribution in [2.75, 3.05) is 13.1 Å². The van der Waals surface area contributed by atoms with Crippen molar-refractivity contribution >= 4 is 27.7 Å². The molecule has 158 valence electrons. The highest BCUT2D eigenvalue weighted by atomic mass is 16.2. The first-order valence-corrected chi connectivity index (χ1v) is 11.0. The lowest BCUT2D eigenvalue weighted by Crippen LogP contribution is -2.36. The minimum atomic E-state index is -0.200. The van der Waals surface area contributed by atoms with Crippen LogP contribution in [0.15, 0.2) is 65.6 Å². The van der Waals surface area contributed by atoms with Crippen LogP contribution in [0.3, 0.4) is 0 Å². The Kier molecular flexibility index (Phi) is 5.06. The smallest absolute Gasteiger partial charge is 0.291 e. The summed E-state index contributed by atoms with van der Waals surface area (Å²) in [5.74, 6) is 0.301. The summed E-state index contributed by atoms with van der Waals surface area (Å²) in [6.07, 6.45) is 3.60. The van der Waals surface area contributed by atoms with E-state index in [0.29, 0.717) is 24.5 Å². The van der Waals surface area contributed by atoms with Crippen LogP contribution in [0.25, 0.3) is 21.8 Å². The van der Waals surface area contributed by atoms with E-state index in [9.17, 15) is 9.59 Å². The van der Waals surface area contributed by atoms with Crippen LogP contribution in [-0.2, 0) is 17.9 Å². The SMILES string of the molecule is CCCn1c2ccccc2c2cnn(CC(=O)N3CCC(c4ccccc4)C3)c(=O)c21. The molecular weight excluding hydrogens is 388 g/mol. The zero-order valence-corrected chi connectivity index (χ0v) is 17.7. The predicted molar refractivity (Wildman–Crippen MR) is 122 cm³/mol. The maximum absolute atomic E-state index is 13.3. The van der Waals surface area contributed by atoms with E-state index in [4.69, 9.17) is 0 Å². The van der Waals surface area contributed by atoms with Crippen LogP contribution in [0.5, 0.6) is 0 Å². The van der Waals surface area contributed by atoms with Gasteiger partial charge in [0.2, 0.25) is 5.91 Å². The Hall–Kier alpha value is -3.41. The molecule has 6 nitrogen and oxygen atoms in total. The van der Waals surface area contributed by atoms with Gasteiger partial charge in [0.1, 0.15) is 12.1 Å². The molecule has 5 rings (SSSR count). The third-order valence-corrected chi connectivity index (χ3v) is 6.32. The molecule has 0 saturated carbocycles. The van der Waals surface area contributed by atoms with E-state index in [1.165, 1.54) is 10.2 Å². The molecule has 31 heavy (non-hydrogen) atoms. The van der Waals surface area contributed by atoms with Gasteiger partial charge in [0.05, 0.1) is 6.20 Å². The number of para-hydroxylation sites is 1. The standard InChI is InChI=1S/C25H26N4O2/c1-2-13-28-22-11-7-6-10-20(22)21-15-26-29(25(31)24(21)28)17-23(30)27-14-12-19(16-27)18-8-4-3-5-9-18/h3-11,15,19H,2,12-14,16-17H2,1H3. The van der Waals surface area contributed by atoms with Crippen LogP contribution in [0.1, 0.15) is 31.2 Å². The zero-order valence-electron chi connectivity index (χ0n) is 17.7. The normalized spacial score (nSPS) is 16.4. The fourth-order valence-electron chi connectivity index (χ4n) is 4.77. The molecule has 1 aliphatic rings. The van der Waals surface area contributed by atoms with Crippen molar-refractivity contribution < 1.29 is 4.79 Å². The number of hydrogen-bond donors (Lipinski definition) is 0. The first-order valence-electron chi connectivity index (χ1n) is 11.0. The predicted octanol–water partition coefficient (Wildman–Crippen LogP) is 3.78. The molecule has 2 aromatic heterocycles. The molecule has 0 radical (unpaired) electrons. The number of fused-ring (bicyclic) bond motifs is 3. The molecule has 0 aliphatic carbocycles. The van der Waals surface area contributed by atoms with Crippen LogP contribution < -0.4 is 5.56 Å². The second-order valence-electron chi connectivity index (χ2n) is 8.27. The Bertz CT molecular complexity index is 1310. The molecule has 1 atom stereocenters. The Morgan fingerprint density at radius 2 is 1.84 bits per heavy atom. The summed E-state index contributed by atoms with van der Waals surface area (Å²) in [6.45, 7) is 4.23. The summed E-state index contributed by atoms with van der Waals surface area (Å²) in [5, 5.41) is 6.24. The molecule has 1 unspecified atom stereocenters. The summed E-state index contributed by atoms with van der Waals surface area (Å²) < 4.78 is 3.39. The van der Waals surface area contributed by atoms with Crippen LogP contribution in [0.4, 0.5) is 0 Å². The topological polar surface area (TPSA) is 60.1 Å². The Morgan fingerprint density at radius 1 is 1.06 bits per heavy atom. The fraction of sp³-hybridized carbons (Fsp3) is 0.320. The van der Waals surface area contributed by atoms with Gasteiger partial charge in [0.15, 0.2) is 0 Å². The first-order chi connectivity index (χ1) is 15.2. The van der Waals surface area contributed by atoms with Crippen LogP contribution in [0.2, 0.25) is 0 Å². The van der Waals surface area contributed by atoms with Gasteiger partial charge < -0.3 is 9.47 Å². The van der Waals surface area contributed by atoms with Crippen molar-refractivity contribution in [1.82, 2.24) is 19.2 Å². The number of hydrogen-bond acceptors (Lipinski definition) is 3. The summed E-state index contributed by atoms with van der Waals surface area (Å²) in [5.41, 5.74) is 2.73. The average Bonchev–Trinajstić information content (AvgIpc) is 3.41. The minimum Gasteiger partial charge on any atom is -0.340 e. The summed E-state index contributed by atoms with van der Waals surface area (Å²) >= 11 is 0. The Balaban J connectivity index is 1.44. The maximum atomic E-state index is 13.3. The van der Waals surface area contributed by atoms with Gasteiger partial charge in [-0.15, -0.1) is 0 Å². The lowest BCUT2D eigenvalue weighted by atomic mass is 9.99. The molecule has 1 fully saturated rings. The largest absolute Gasteiger partial charge is 0.340 e. The van der Waals surface area contributed by atoms with E-state index in [0.717, 1.165) is 35.7 Å². The van der Waals surface area contributed by atoms with E-state index in [-0.39, 0.29) is 18.0 Å². The molecule has 2 aromatic carbocycles. The van der Waals surface area contributed by atoms with Gasteiger partial charge in [0.25, 0.3) is 5.56 Å². The number of benzene rings is 2. The second kappa shape index (κ2) is 8.02. The highest BCUT2D eigenvalue weighted by molar-refractivity contribution is 6.07. The van der Waals surface area contributed by atoms with Gasteiger partial charge >= 0.3 is 0 Å². The molecule has 6 heteroatoms. The molecule has 0 bridgehead atoms. The Labute approximate surface area is 180 Å². The molecule has 0 spiro atoms.